The third kappa shape index (κ3) is 3.75. The highest BCUT2D eigenvalue weighted by Crippen LogP contribution is 2.29. The Morgan fingerprint density at radius 3 is 2.96 bits per heavy atom. The third-order valence-electron chi connectivity index (χ3n) is 4.87. The highest BCUT2D eigenvalue weighted by Gasteiger charge is 2.18. The number of pyridine rings is 2. The summed E-state index contributed by atoms with van der Waals surface area (Å²) in [4.78, 5) is 8.77. The molecular formula is C22H22N4O2. The molecule has 28 heavy (non-hydrogen) atoms. The summed E-state index contributed by atoms with van der Waals surface area (Å²) in [5.74, 6) is 0.599. The summed E-state index contributed by atoms with van der Waals surface area (Å²) < 4.78 is 11.2. The Hall–Kier alpha value is -3.17. The summed E-state index contributed by atoms with van der Waals surface area (Å²) in [6, 6.07) is 10.3. The molecule has 0 amide bonds. The number of aryl methyl sites for hydroxylation is 2. The lowest BCUT2D eigenvalue weighted by molar-refractivity contribution is 0.138. The zero-order valence-corrected chi connectivity index (χ0v) is 16.0. The standard InChI is InChI=1S/C22H22N4O2/c1-14-7-15(2)21-19(8-14)22(17(10-23)12-26-21)25-11-16-3-5-24-20(9-16)28-18-4-6-27-13-18/h3,5,7-9,12,18H,4,6,11,13H2,1-2H3,(H,25,26). The van der Waals surface area contributed by atoms with Gasteiger partial charge in [-0.05, 0) is 37.1 Å². The fraction of sp³-hybridized carbons (Fsp3) is 0.318. The number of nitriles is 1. The number of nitrogens with zero attached hydrogens (tertiary/aromatic N) is 3. The largest absolute Gasteiger partial charge is 0.472 e. The van der Waals surface area contributed by atoms with Crippen LogP contribution >= 0.6 is 0 Å². The minimum atomic E-state index is 0.0657. The van der Waals surface area contributed by atoms with Crippen LogP contribution in [0.1, 0.15) is 28.7 Å². The Bertz CT molecular complexity index is 1050. The number of anilines is 1. The van der Waals surface area contributed by atoms with E-state index in [1.54, 1.807) is 12.4 Å². The van der Waals surface area contributed by atoms with Crippen molar-refractivity contribution < 1.29 is 9.47 Å². The van der Waals surface area contributed by atoms with Crippen molar-refractivity contribution in [2.24, 2.45) is 0 Å². The zero-order valence-electron chi connectivity index (χ0n) is 16.0. The fourth-order valence-electron chi connectivity index (χ4n) is 3.53. The van der Waals surface area contributed by atoms with Crippen molar-refractivity contribution in [3.8, 4) is 11.9 Å². The smallest absolute Gasteiger partial charge is 0.213 e. The molecule has 2 aromatic heterocycles. The van der Waals surface area contributed by atoms with E-state index in [-0.39, 0.29) is 6.10 Å². The second-order valence-corrected chi connectivity index (χ2v) is 7.10. The lowest BCUT2D eigenvalue weighted by atomic mass is 10.0. The van der Waals surface area contributed by atoms with Gasteiger partial charge in [-0.25, -0.2) is 4.98 Å². The van der Waals surface area contributed by atoms with Gasteiger partial charge < -0.3 is 14.8 Å². The summed E-state index contributed by atoms with van der Waals surface area (Å²) in [6.07, 6.45) is 4.33. The van der Waals surface area contributed by atoms with Gasteiger partial charge in [-0.1, -0.05) is 11.6 Å². The minimum Gasteiger partial charge on any atom is -0.472 e. The van der Waals surface area contributed by atoms with Gasteiger partial charge in [0, 0.05) is 36.8 Å². The monoisotopic (exact) mass is 374 g/mol. The molecule has 3 aromatic rings. The van der Waals surface area contributed by atoms with Crippen LogP contribution in [0.3, 0.4) is 0 Å². The number of fused-ring (bicyclic) bond motifs is 1. The van der Waals surface area contributed by atoms with E-state index in [0.29, 0.717) is 24.6 Å². The van der Waals surface area contributed by atoms with E-state index in [9.17, 15) is 5.26 Å². The molecule has 0 bridgehead atoms. The molecule has 0 aliphatic carbocycles. The number of nitrogens with one attached hydrogen (secondary N) is 1. The molecule has 1 aliphatic rings. The molecule has 0 radical (unpaired) electrons. The molecule has 6 nitrogen and oxygen atoms in total. The number of hydrogen-bond acceptors (Lipinski definition) is 6. The number of aromatic nitrogens is 2. The van der Waals surface area contributed by atoms with E-state index in [1.165, 1.54) is 0 Å². The predicted molar refractivity (Wildman–Crippen MR) is 107 cm³/mol. The Labute approximate surface area is 164 Å². The molecule has 1 fully saturated rings. The van der Waals surface area contributed by atoms with Crippen LogP contribution in [0.25, 0.3) is 10.9 Å². The lowest BCUT2D eigenvalue weighted by Gasteiger charge is -2.14. The van der Waals surface area contributed by atoms with Gasteiger partial charge >= 0.3 is 0 Å². The molecule has 0 spiro atoms. The SMILES string of the molecule is Cc1cc(C)c2ncc(C#N)c(NCc3ccnc(OC4CCOC4)c3)c2c1. The fourth-order valence-corrected chi connectivity index (χ4v) is 3.53. The summed E-state index contributed by atoms with van der Waals surface area (Å²) >= 11 is 0. The van der Waals surface area contributed by atoms with Gasteiger partial charge in [0.05, 0.1) is 30.0 Å². The van der Waals surface area contributed by atoms with Crippen molar-refractivity contribution in [3.05, 3.63) is 58.9 Å². The van der Waals surface area contributed by atoms with Gasteiger partial charge in [-0.3, -0.25) is 4.98 Å². The van der Waals surface area contributed by atoms with Crippen molar-refractivity contribution in [1.82, 2.24) is 9.97 Å². The van der Waals surface area contributed by atoms with Gasteiger partial charge in [0.1, 0.15) is 12.2 Å². The molecule has 142 valence electrons. The second-order valence-electron chi connectivity index (χ2n) is 7.10. The van der Waals surface area contributed by atoms with Crippen LogP contribution in [0.15, 0.2) is 36.7 Å². The quantitative estimate of drug-likeness (QED) is 0.730. The molecule has 3 heterocycles. The first-order valence-corrected chi connectivity index (χ1v) is 9.37. The average molecular weight is 374 g/mol. The molecule has 1 aliphatic heterocycles. The zero-order chi connectivity index (χ0) is 19.5. The molecular weight excluding hydrogens is 352 g/mol. The summed E-state index contributed by atoms with van der Waals surface area (Å²) in [7, 11) is 0. The summed E-state index contributed by atoms with van der Waals surface area (Å²) in [6.45, 7) is 5.99. The normalized spacial score (nSPS) is 16.1. The Morgan fingerprint density at radius 2 is 2.18 bits per heavy atom. The highest BCUT2D eigenvalue weighted by molar-refractivity contribution is 5.96. The van der Waals surface area contributed by atoms with E-state index < -0.39 is 0 Å². The van der Waals surface area contributed by atoms with E-state index in [1.807, 2.05) is 19.1 Å². The van der Waals surface area contributed by atoms with Crippen LogP contribution in [0, 0.1) is 25.2 Å². The first-order chi connectivity index (χ1) is 13.6. The molecule has 6 heteroatoms. The molecule has 1 N–H and O–H groups in total. The van der Waals surface area contributed by atoms with Gasteiger partial charge in [0.15, 0.2) is 0 Å². The Kier molecular flexibility index (Phi) is 5.09. The van der Waals surface area contributed by atoms with Crippen molar-refractivity contribution in [3.63, 3.8) is 0 Å². The van der Waals surface area contributed by atoms with Crippen molar-refractivity contribution in [2.75, 3.05) is 18.5 Å². The maximum Gasteiger partial charge on any atom is 0.213 e. The number of ether oxygens (including phenoxy) is 2. The second kappa shape index (κ2) is 7.83. The first kappa shape index (κ1) is 18.2. The maximum atomic E-state index is 9.55. The number of hydrogen-bond donors (Lipinski definition) is 1. The van der Waals surface area contributed by atoms with Crippen LogP contribution in [0.4, 0.5) is 5.69 Å². The third-order valence-corrected chi connectivity index (χ3v) is 4.87. The van der Waals surface area contributed by atoms with E-state index >= 15 is 0 Å². The highest BCUT2D eigenvalue weighted by atomic mass is 16.5. The van der Waals surface area contributed by atoms with Gasteiger partial charge in [0.2, 0.25) is 5.88 Å². The van der Waals surface area contributed by atoms with Crippen molar-refractivity contribution in [2.45, 2.75) is 32.9 Å². The number of rotatable bonds is 5. The van der Waals surface area contributed by atoms with Crippen LogP contribution in [-0.2, 0) is 11.3 Å². The number of benzene rings is 1. The molecule has 1 atom stereocenters. The molecule has 1 unspecified atom stereocenters. The van der Waals surface area contributed by atoms with Crippen molar-refractivity contribution in [1.29, 1.82) is 5.26 Å². The summed E-state index contributed by atoms with van der Waals surface area (Å²) in [5, 5.41) is 13.9. The maximum absolute atomic E-state index is 9.55. The van der Waals surface area contributed by atoms with Crippen LogP contribution in [-0.4, -0.2) is 29.3 Å². The van der Waals surface area contributed by atoms with Crippen LogP contribution in [0.2, 0.25) is 0 Å². The Morgan fingerprint density at radius 1 is 1.29 bits per heavy atom. The molecule has 0 saturated carbocycles. The van der Waals surface area contributed by atoms with Gasteiger partial charge in [-0.2, -0.15) is 5.26 Å². The summed E-state index contributed by atoms with van der Waals surface area (Å²) in [5.41, 5.74) is 5.52. The first-order valence-electron chi connectivity index (χ1n) is 9.37. The predicted octanol–water partition coefficient (Wildman–Crippen LogP) is 3.90. The van der Waals surface area contributed by atoms with E-state index in [0.717, 1.165) is 46.3 Å². The van der Waals surface area contributed by atoms with Gasteiger partial charge in [0.25, 0.3) is 0 Å². The van der Waals surface area contributed by atoms with E-state index in [2.05, 4.69) is 40.4 Å². The molecule has 4 rings (SSSR count). The minimum absolute atomic E-state index is 0.0657. The molecule has 1 aromatic carbocycles. The topological polar surface area (TPSA) is 80.1 Å². The van der Waals surface area contributed by atoms with Gasteiger partial charge in [-0.15, -0.1) is 0 Å². The van der Waals surface area contributed by atoms with Crippen LogP contribution in [0.5, 0.6) is 5.88 Å². The Balaban J connectivity index is 1.59. The van der Waals surface area contributed by atoms with Crippen LogP contribution < -0.4 is 10.1 Å². The van der Waals surface area contributed by atoms with Crippen molar-refractivity contribution >= 4 is 16.6 Å². The molecule has 1 saturated heterocycles. The lowest BCUT2D eigenvalue weighted by Crippen LogP contribution is -2.16. The van der Waals surface area contributed by atoms with E-state index in [4.69, 9.17) is 9.47 Å². The average Bonchev–Trinajstić information content (AvgIpc) is 3.19.